The summed E-state index contributed by atoms with van der Waals surface area (Å²) in [6, 6.07) is 37.3. The molecule has 2 aliphatic rings. The van der Waals surface area contributed by atoms with Crippen LogP contribution in [-0.4, -0.2) is 66.9 Å². The SMILES string of the molecule is O=C(NC(CCN1CCC[C@@H]1CNc1ccccc1)c1ccccc1)C1SCCN1S(=O)(=O)c1ccc(-c2ccccc2)cc1. The number of nitrogens with zero attached hydrogens (tertiary/aromatic N) is 2. The number of likely N-dealkylation sites (tertiary alicyclic amines) is 1. The van der Waals surface area contributed by atoms with Crippen LogP contribution >= 0.6 is 11.8 Å². The van der Waals surface area contributed by atoms with Gasteiger partial charge in [0.2, 0.25) is 15.9 Å². The van der Waals surface area contributed by atoms with Crippen LogP contribution in [0.25, 0.3) is 11.1 Å². The minimum atomic E-state index is -3.86. The van der Waals surface area contributed by atoms with Crippen molar-refractivity contribution in [1.82, 2.24) is 14.5 Å². The smallest absolute Gasteiger partial charge is 0.249 e. The Morgan fingerprint density at radius 1 is 0.822 bits per heavy atom. The van der Waals surface area contributed by atoms with Crippen LogP contribution in [0, 0.1) is 0 Å². The largest absolute Gasteiger partial charge is 0.383 e. The molecule has 2 N–H and O–H groups in total. The quantitative estimate of drug-likeness (QED) is 0.191. The third-order valence-corrected chi connectivity index (χ3v) is 11.9. The molecule has 0 saturated carbocycles. The van der Waals surface area contributed by atoms with Crippen molar-refractivity contribution in [3.05, 3.63) is 121 Å². The number of hydrogen-bond donors (Lipinski definition) is 2. The molecule has 4 aromatic carbocycles. The van der Waals surface area contributed by atoms with Crippen molar-refractivity contribution < 1.29 is 13.2 Å². The van der Waals surface area contributed by atoms with Crippen molar-refractivity contribution in [2.45, 2.75) is 41.6 Å². The van der Waals surface area contributed by atoms with E-state index in [0.29, 0.717) is 18.3 Å². The normalized spacial score (nSPS) is 19.7. The Bertz CT molecular complexity index is 1640. The molecule has 6 rings (SSSR count). The lowest BCUT2D eigenvalue weighted by Gasteiger charge is -2.29. The van der Waals surface area contributed by atoms with E-state index in [2.05, 4.69) is 27.7 Å². The fourth-order valence-corrected chi connectivity index (χ4v) is 9.34. The van der Waals surface area contributed by atoms with Crippen LogP contribution < -0.4 is 10.6 Å². The second-order valence-electron chi connectivity index (χ2n) is 11.6. The zero-order valence-electron chi connectivity index (χ0n) is 25.3. The van der Waals surface area contributed by atoms with Gasteiger partial charge in [-0.3, -0.25) is 9.69 Å². The molecule has 7 nitrogen and oxygen atoms in total. The van der Waals surface area contributed by atoms with Gasteiger partial charge in [-0.15, -0.1) is 11.8 Å². The van der Waals surface area contributed by atoms with Gasteiger partial charge < -0.3 is 10.6 Å². The lowest BCUT2D eigenvalue weighted by molar-refractivity contribution is -0.123. The van der Waals surface area contributed by atoms with E-state index in [-0.39, 0.29) is 16.8 Å². The monoisotopic (exact) mass is 640 g/mol. The van der Waals surface area contributed by atoms with Gasteiger partial charge in [-0.1, -0.05) is 91.0 Å². The summed E-state index contributed by atoms with van der Waals surface area (Å²) < 4.78 is 28.9. The molecule has 0 bridgehead atoms. The summed E-state index contributed by atoms with van der Waals surface area (Å²) in [5, 5.41) is 6.01. The van der Waals surface area contributed by atoms with E-state index < -0.39 is 15.4 Å². The van der Waals surface area contributed by atoms with Gasteiger partial charge in [0.05, 0.1) is 10.9 Å². The van der Waals surface area contributed by atoms with Crippen LogP contribution in [0.4, 0.5) is 5.69 Å². The predicted octanol–water partition coefficient (Wildman–Crippen LogP) is 6.24. The highest BCUT2D eigenvalue weighted by atomic mass is 32.2. The topological polar surface area (TPSA) is 81.8 Å². The van der Waals surface area contributed by atoms with Gasteiger partial charge in [0.1, 0.15) is 5.37 Å². The number of carbonyl (C=O) groups excluding carboxylic acids is 1. The highest BCUT2D eigenvalue weighted by Crippen LogP contribution is 2.32. The van der Waals surface area contributed by atoms with Crippen LogP contribution in [0.15, 0.2) is 120 Å². The van der Waals surface area contributed by atoms with E-state index >= 15 is 0 Å². The number of rotatable bonds is 12. The van der Waals surface area contributed by atoms with Gasteiger partial charge >= 0.3 is 0 Å². The highest BCUT2D eigenvalue weighted by molar-refractivity contribution is 8.02. The number of para-hydroxylation sites is 1. The Labute approximate surface area is 271 Å². The Hall–Kier alpha value is -3.63. The minimum Gasteiger partial charge on any atom is -0.383 e. The molecule has 2 aliphatic heterocycles. The number of hydrogen-bond acceptors (Lipinski definition) is 6. The van der Waals surface area contributed by atoms with Crippen LogP contribution in [0.3, 0.4) is 0 Å². The maximum Gasteiger partial charge on any atom is 0.249 e. The van der Waals surface area contributed by atoms with Crippen LogP contribution in [0.1, 0.15) is 30.9 Å². The molecule has 0 spiro atoms. The molecule has 4 aromatic rings. The number of anilines is 1. The van der Waals surface area contributed by atoms with E-state index in [4.69, 9.17) is 0 Å². The molecule has 0 aromatic heterocycles. The lowest BCUT2D eigenvalue weighted by atomic mass is 10.0. The second-order valence-corrected chi connectivity index (χ2v) is 14.6. The van der Waals surface area contributed by atoms with Crippen molar-refractivity contribution in [3.8, 4) is 11.1 Å². The van der Waals surface area contributed by atoms with Crippen LogP contribution in [-0.2, 0) is 14.8 Å². The van der Waals surface area contributed by atoms with E-state index in [0.717, 1.165) is 61.3 Å². The summed E-state index contributed by atoms with van der Waals surface area (Å²) >= 11 is 1.38. The van der Waals surface area contributed by atoms with E-state index in [1.54, 1.807) is 12.1 Å². The van der Waals surface area contributed by atoms with Crippen LogP contribution in [0.5, 0.6) is 0 Å². The van der Waals surface area contributed by atoms with Gasteiger partial charge in [-0.25, -0.2) is 8.42 Å². The number of thioether (sulfide) groups is 1. The first-order chi connectivity index (χ1) is 22.0. The maximum atomic E-state index is 13.8. The summed E-state index contributed by atoms with van der Waals surface area (Å²) in [4.78, 5) is 16.5. The molecule has 2 saturated heterocycles. The molecule has 1 amide bonds. The lowest BCUT2D eigenvalue weighted by Crippen LogP contribution is -2.46. The zero-order chi connectivity index (χ0) is 31.1. The van der Waals surface area contributed by atoms with Crippen molar-refractivity contribution in [2.24, 2.45) is 0 Å². The molecule has 2 unspecified atom stereocenters. The van der Waals surface area contributed by atoms with Gasteiger partial charge in [0.25, 0.3) is 0 Å². The Kier molecular flexibility index (Phi) is 10.2. The third-order valence-electron chi connectivity index (χ3n) is 8.68. The van der Waals surface area contributed by atoms with Crippen molar-refractivity contribution >= 4 is 33.4 Å². The van der Waals surface area contributed by atoms with Crippen molar-refractivity contribution in [1.29, 1.82) is 0 Å². The number of amides is 1. The van der Waals surface area contributed by atoms with Gasteiger partial charge in [-0.05, 0) is 66.8 Å². The summed E-state index contributed by atoms with van der Waals surface area (Å²) in [5.41, 5.74) is 4.12. The van der Waals surface area contributed by atoms with Gasteiger partial charge in [0.15, 0.2) is 0 Å². The predicted molar refractivity (Wildman–Crippen MR) is 183 cm³/mol. The third kappa shape index (κ3) is 7.61. The zero-order valence-corrected chi connectivity index (χ0v) is 26.9. The molecule has 2 heterocycles. The second kappa shape index (κ2) is 14.6. The molecule has 0 aliphatic carbocycles. The number of benzene rings is 4. The standard InChI is InChI=1S/C36H40N4O3S2/c41-35(36-40(25-26-44-36)45(42,43)33-20-18-29(19-21-33)28-11-4-1-5-12-28)38-34(30-13-6-2-7-14-30)22-24-39-23-10-17-32(39)27-37-31-15-8-3-9-16-31/h1-9,11-16,18-21,32,34,36-37H,10,17,22-27H2,(H,38,41)/t32-,34?,36?/m1/s1. The van der Waals surface area contributed by atoms with Gasteiger partial charge in [0, 0.05) is 37.1 Å². The van der Waals surface area contributed by atoms with E-state index in [1.165, 1.54) is 16.1 Å². The fraction of sp³-hybridized carbons (Fsp3) is 0.306. The fourth-order valence-electron chi connectivity index (χ4n) is 6.25. The molecule has 234 valence electrons. The molecule has 2 fully saturated rings. The Morgan fingerprint density at radius 3 is 2.18 bits per heavy atom. The first kappa shape index (κ1) is 31.4. The summed E-state index contributed by atoms with van der Waals surface area (Å²) in [7, 11) is -3.86. The average molecular weight is 641 g/mol. The molecular weight excluding hydrogens is 601 g/mol. The maximum absolute atomic E-state index is 13.8. The van der Waals surface area contributed by atoms with Crippen molar-refractivity contribution in [3.63, 3.8) is 0 Å². The molecule has 0 radical (unpaired) electrons. The van der Waals surface area contributed by atoms with Gasteiger partial charge in [-0.2, -0.15) is 4.31 Å². The molecule has 3 atom stereocenters. The number of nitrogens with one attached hydrogen (secondary N) is 2. The molecule has 9 heteroatoms. The van der Waals surface area contributed by atoms with E-state index in [9.17, 15) is 13.2 Å². The number of sulfonamides is 1. The Morgan fingerprint density at radius 2 is 1.47 bits per heavy atom. The molecule has 45 heavy (non-hydrogen) atoms. The summed E-state index contributed by atoms with van der Waals surface area (Å²) in [6.45, 7) is 3.05. The summed E-state index contributed by atoms with van der Waals surface area (Å²) in [6.07, 6.45) is 3.03. The average Bonchev–Trinajstić information content (AvgIpc) is 3.78. The Balaban J connectivity index is 1.12. The van der Waals surface area contributed by atoms with Crippen molar-refractivity contribution in [2.75, 3.05) is 37.2 Å². The van der Waals surface area contributed by atoms with E-state index in [1.807, 2.05) is 91.0 Å². The summed E-state index contributed by atoms with van der Waals surface area (Å²) in [5.74, 6) is 0.304. The number of carbonyl (C=O) groups is 1. The first-order valence-electron chi connectivity index (χ1n) is 15.7. The highest BCUT2D eigenvalue weighted by Gasteiger charge is 2.41. The molecular formula is C36H40N4O3S2. The minimum absolute atomic E-state index is 0.200. The van der Waals surface area contributed by atoms with Crippen LogP contribution in [0.2, 0.25) is 0 Å². The first-order valence-corrected chi connectivity index (χ1v) is 18.2.